The smallest absolute Gasteiger partial charge is 0.349 e. The van der Waals surface area contributed by atoms with Crippen LogP contribution in [0.15, 0.2) is 15.7 Å². The average Bonchev–Trinajstić information content (AvgIpc) is 2.62. The van der Waals surface area contributed by atoms with Crippen molar-refractivity contribution >= 4 is 11.2 Å². The summed E-state index contributed by atoms with van der Waals surface area (Å²) in [5.41, 5.74) is 0.295. The second kappa shape index (κ2) is 7.12. The van der Waals surface area contributed by atoms with Crippen molar-refractivity contribution in [2.24, 2.45) is 0 Å². The molecule has 0 bridgehead atoms. The van der Waals surface area contributed by atoms with Crippen molar-refractivity contribution in [3.63, 3.8) is 0 Å². The van der Waals surface area contributed by atoms with Gasteiger partial charge < -0.3 is 25.0 Å². The first-order valence-corrected chi connectivity index (χ1v) is 8.16. The lowest BCUT2D eigenvalue weighted by atomic mass is 10.1. The molecule has 2 aliphatic heterocycles. The molecular formula is C16H19N5O6. The topological polar surface area (TPSA) is 174 Å². The molecule has 3 rings (SSSR count). The van der Waals surface area contributed by atoms with E-state index in [4.69, 9.17) is 5.11 Å². The molecule has 0 spiro atoms. The normalized spacial score (nSPS) is 15.2. The number of aliphatic hydroxyl groups is 4. The molecule has 3 unspecified atom stereocenters. The molecule has 27 heavy (non-hydrogen) atoms. The molecule has 1 aromatic heterocycles. The first-order valence-electron chi connectivity index (χ1n) is 8.16. The van der Waals surface area contributed by atoms with Crippen molar-refractivity contribution < 1.29 is 20.4 Å². The number of aliphatic hydroxyl groups excluding tert-OH is 4. The van der Waals surface area contributed by atoms with E-state index in [2.05, 4.69) is 15.0 Å². The maximum absolute atomic E-state index is 12.1. The predicted molar refractivity (Wildman–Crippen MR) is 93.4 cm³/mol. The largest absolute Gasteiger partial charge is 0.394 e. The summed E-state index contributed by atoms with van der Waals surface area (Å²) >= 11 is 0. The van der Waals surface area contributed by atoms with Gasteiger partial charge in [0.25, 0.3) is 5.56 Å². The molecule has 0 fully saturated rings. The molecule has 0 aliphatic carbocycles. The monoisotopic (exact) mass is 377 g/mol. The highest BCUT2D eigenvalue weighted by Gasteiger charge is 2.28. The third-order valence-electron chi connectivity index (χ3n) is 4.37. The number of rotatable bonds is 5. The summed E-state index contributed by atoms with van der Waals surface area (Å²) in [6.07, 6.45) is -4.77. The van der Waals surface area contributed by atoms with Crippen molar-refractivity contribution in [1.29, 1.82) is 0 Å². The predicted octanol–water partition coefficient (Wildman–Crippen LogP) is -2.33. The Labute approximate surface area is 152 Å². The van der Waals surface area contributed by atoms with Crippen LogP contribution in [-0.4, -0.2) is 69.8 Å². The molecule has 11 nitrogen and oxygen atoms in total. The number of aryl methyl sites for hydroxylation is 2. The maximum Gasteiger partial charge on any atom is 0.349 e. The van der Waals surface area contributed by atoms with Crippen LogP contribution >= 0.6 is 0 Å². The van der Waals surface area contributed by atoms with Gasteiger partial charge in [-0.3, -0.25) is 9.78 Å². The second-order valence-electron chi connectivity index (χ2n) is 6.31. The summed E-state index contributed by atoms with van der Waals surface area (Å²) in [4.78, 5) is 38.2. The molecule has 0 saturated carbocycles. The quantitative estimate of drug-likeness (QED) is 0.305. The van der Waals surface area contributed by atoms with Crippen molar-refractivity contribution in [2.45, 2.75) is 38.7 Å². The van der Waals surface area contributed by atoms with E-state index in [0.717, 1.165) is 5.56 Å². The number of pyridine rings is 1. The third-order valence-corrected chi connectivity index (χ3v) is 4.37. The second-order valence-corrected chi connectivity index (χ2v) is 6.31. The van der Waals surface area contributed by atoms with E-state index in [-0.39, 0.29) is 23.7 Å². The van der Waals surface area contributed by atoms with Crippen molar-refractivity contribution in [3.05, 3.63) is 38.2 Å². The van der Waals surface area contributed by atoms with Gasteiger partial charge in [-0.2, -0.15) is 4.98 Å². The molecule has 0 aromatic carbocycles. The number of fused-ring (bicyclic) bond motifs is 2. The summed E-state index contributed by atoms with van der Waals surface area (Å²) in [7, 11) is 0. The van der Waals surface area contributed by atoms with Gasteiger partial charge in [0.05, 0.1) is 13.2 Å². The highest BCUT2D eigenvalue weighted by molar-refractivity contribution is 5.76. The number of hydrogen-bond donors (Lipinski definition) is 5. The Morgan fingerprint density at radius 3 is 2.48 bits per heavy atom. The molecule has 0 radical (unpaired) electrons. The van der Waals surface area contributed by atoms with Crippen LogP contribution in [0.1, 0.15) is 11.3 Å². The number of aromatic amines is 1. The molecule has 0 amide bonds. The van der Waals surface area contributed by atoms with Crippen LogP contribution in [0.4, 0.5) is 0 Å². The molecule has 3 atom stereocenters. The van der Waals surface area contributed by atoms with Crippen LogP contribution in [0.5, 0.6) is 0 Å². The van der Waals surface area contributed by atoms with Crippen LogP contribution in [0.25, 0.3) is 22.7 Å². The highest BCUT2D eigenvalue weighted by atomic mass is 16.4. The summed E-state index contributed by atoms with van der Waals surface area (Å²) < 4.78 is 1.29. The average molecular weight is 377 g/mol. The van der Waals surface area contributed by atoms with Crippen LogP contribution in [0.3, 0.4) is 0 Å². The fourth-order valence-electron chi connectivity index (χ4n) is 2.74. The number of hydrogen-bond acceptors (Lipinski definition) is 9. The third kappa shape index (κ3) is 3.45. The fourth-order valence-corrected chi connectivity index (χ4v) is 2.74. The Hall–Kier alpha value is -2.73. The minimum atomic E-state index is -1.67. The molecule has 3 heterocycles. The molecular weight excluding hydrogens is 358 g/mol. The first kappa shape index (κ1) is 19.0. The van der Waals surface area contributed by atoms with Crippen molar-refractivity contribution in [3.8, 4) is 11.5 Å². The minimum absolute atomic E-state index is 0.114. The Bertz CT molecular complexity index is 1080. The number of H-pyrrole nitrogens is 1. The van der Waals surface area contributed by atoms with E-state index in [1.165, 1.54) is 4.57 Å². The van der Waals surface area contributed by atoms with Gasteiger partial charge in [-0.05, 0) is 25.5 Å². The maximum atomic E-state index is 12.1. The van der Waals surface area contributed by atoms with Crippen LogP contribution in [0, 0.1) is 13.8 Å². The molecule has 5 N–H and O–H groups in total. The van der Waals surface area contributed by atoms with Gasteiger partial charge in [0, 0.05) is 5.69 Å². The van der Waals surface area contributed by atoms with E-state index < -0.39 is 36.2 Å². The van der Waals surface area contributed by atoms with Gasteiger partial charge >= 0.3 is 5.69 Å². The van der Waals surface area contributed by atoms with Gasteiger partial charge in [-0.25, -0.2) is 14.8 Å². The van der Waals surface area contributed by atoms with Gasteiger partial charge in [0.1, 0.15) is 23.8 Å². The van der Waals surface area contributed by atoms with E-state index >= 15 is 0 Å². The zero-order valence-corrected chi connectivity index (χ0v) is 14.6. The summed E-state index contributed by atoms with van der Waals surface area (Å²) in [6.45, 7) is 2.48. The molecule has 2 aliphatic rings. The fraction of sp³-hybridized carbons (Fsp3) is 0.438. The van der Waals surface area contributed by atoms with Crippen LogP contribution in [0.2, 0.25) is 0 Å². The minimum Gasteiger partial charge on any atom is -0.394 e. The van der Waals surface area contributed by atoms with Crippen LogP contribution in [-0.2, 0) is 6.54 Å². The first-order chi connectivity index (χ1) is 12.7. The number of aromatic nitrogens is 5. The molecule has 144 valence electrons. The lowest BCUT2D eigenvalue weighted by Gasteiger charge is -2.24. The van der Waals surface area contributed by atoms with Crippen molar-refractivity contribution in [2.75, 3.05) is 6.61 Å². The summed E-state index contributed by atoms with van der Waals surface area (Å²) in [5, 5.41) is 38.7. The van der Waals surface area contributed by atoms with Gasteiger partial charge in [0.2, 0.25) is 0 Å². The lowest BCUT2D eigenvalue weighted by molar-refractivity contribution is -0.0803. The van der Waals surface area contributed by atoms with Crippen molar-refractivity contribution in [1.82, 2.24) is 24.5 Å². The molecule has 11 heteroatoms. The standard InChI is InChI=1S/C16H19N5O6/c1-6-3-8-13(17-7(6)2)21(4-9(23)12(25)10(24)5-22)14-11(18-8)15(26)20-16(27)19-14/h3,9-10,12,22-25H,4-5H2,1-2H3,(H,20,26,27). The Kier molecular flexibility index (Phi) is 5.02. The van der Waals surface area contributed by atoms with Crippen LogP contribution < -0.4 is 11.2 Å². The number of nitrogens with one attached hydrogen (secondary N) is 1. The Balaban J connectivity index is 2.28. The van der Waals surface area contributed by atoms with Gasteiger partial charge in [-0.1, -0.05) is 0 Å². The SMILES string of the molecule is Cc1cc2nc3c(=O)[nH]c(=O)nc-3n(CC(O)C(O)C(O)CO)c2nc1C. The summed E-state index contributed by atoms with van der Waals surface area (Å²) in [5.74, 6) is -0.114. The van der Waals surface area contributed by atoms with Gasteiger partial charge in [0.15, 0.2) is 17.2 Å². The number of nitrogens with zero attached hydrogens (tertiary/aromatic N) is 4. The summed E-state index contributed by atoms with van der Waals surface area (Å²) in [6, 6.07) is 1.70. The van der Waals surface area contributed by atoms with E-state index in [1.807, 2.05) is 11.9 Å². The zero-order chi connectivity index (χ0) is 19.9. The molecule has 0 saturated heterocycles. The van der Waals surface area contributed by atoms with E-state index in [0.29, 0.717) is 11.2 Å². The van der Waals surface area contributed by atoms with Gasteiger partial charge in [-0.15, -0.1) is 0 Å². The molecule has 1 aromatic rings. The van der Waals surface area contributed by atoms with E-state index in [9.17, 15) is 24.9 Å². The lowest BCUT2D eigenvalue weighted by Crippen LogP contribution is -2.42. The highest BCUT2D eigenvalue weighted by Crippen LogP contribution is 2.22. The zero-order valence-electron chi connectivity index (χ0n) is 14.6. The Morgan fingerprint density at radius 2 is 1.81 bits per heavy atom. The van der Waals surface area contributed by atoms with E-state index in [1.54, 1.807) is 13.0 Å². The Morgan fingerprint density at radius 1 is 1.11 bits per heavy atom.